The molecular formula is C20H28N4O2. The Morgan fingerprint density at radius 1 is 1.35 bits per heavy atom. The number of ether oxygens (including phenoxy) is 1. The molecule has 1 aliphatic carbocycles. The van der Waals surface area contributed by atoms with Crippen LogP contribution in [0.1, 0.15) is 36.9 Å². The Bertz CT molecular complexity index is 750. The van der Waals surface area contributed by atoms with Crippen molar-refractivity contribution in [1.29, 1.82) is 0 Å². The van der Waals surface area contributed by atoms with E-state index in [1.54, 1.807) is 11.8 Å². The lowest BCUT2D eigenvalue weighted by atomic mass is 10.1. The van der Waals surface area contributed by atoms with Crippen LogP contribution in [0.15, 0.2) is 30.5 Å². The molecule has 6 heteroatoms. The van der Waals surface area contributed by atoms with Crippen LogP contribution in [0.3, 0.4) is 0 Å². The van der Waals surface area contributed by atoms with Gasteiger partial charge in [0.15, 0.2) is 0 Å². The van der Waals surface area contributed by atoms with Crippen LogP contribution >= 0.6 is 0 Å². The van der Waals surface area contributed by atoms with Crippen molar-refractivity contribution in [3.8, 4) is 5.75 Å². The zero-order valence-electron chi connectivity index (χ0n) is 15.9. The average Bonchev–Trinajstić information content (AvgIpc) is 3.25. The third-order valence-corrected chi connectivity index (χ3v) is 5.04. The van der Waals surface area contributed by atoms with E-state index in [4.69, 9.17) is 4.74 Å². The molecule has 1 fully saturated rings. The van der Waals surface area contributed by atoms with E-state index in [1.165, 1.54) is 12.8 Å². The maximum absolute atomic E-state index is 12.7. The van der Waals surface area contributed by atoms with Crippen LogP contribution in [0.4, 0.5) is 5.69 Å². The number of carbonyl (C=O) groups excluding carboxylic acids is 1. The van der Waals surface area contributed by atoms with Crippen LogP contribution in [0.25, 0.3) is 0 Å². The molecule has 1 aromatic carbocycles. The van der Waals surface area contributed by atoms with Gasteiger partial charge in [0.1, 0.15) is 5.75 Å². The molecule has 1 N–H and O–H groups in total. The molecule has 1 saturated carbocycles. The predicted molar refractivity (Wildman–Crippen MR) is 102 cm³/mol. The summed E-state index contributed by atoms with van der Waals surface area (Å²) in [5.41, 5.74) is 2.73. The fourth-order valence-corrected chi connectivity index (χ4v) is 3.73. The van der Waals surface area contributed by atoms with E-state index in [0.717, 1.165) is 35.5 Å². The SMILES string of the molecule is COc1ccccc1CN(CC(=O)Nc1cn(C)nc1C)C1CCCC1. The molecule has 2 aromatic rings. The highest BCUT2D eigenvalue weighted by atomic mass is 16.5. The number of rotatable bonds is 7. The number of aromatic nitrogens is 2. The molecule has 1 aromatic heterocycles. The standard InChI is InChI=1S/C20H28N4O2/c1-15-18(13-23(2)22-15)21-20(25)14-24(17-9-5-6-10-17)12-16-8-4-7-11-19(16)26-3/h4,7-8,11,13,17H,5-6,9-10,12,14H2,1-3H3,(H,21,25). The highest BCUT2D eigenvalue weighted by molar-refractivity contribution is 5.92. The van der Waals surface area contributed by atoms with E-state index >= 15 is 0 Å². The smallest absolute Gasteiger partial charge is 0.238 e. The van der Waals surface area contributed by atoms with Crippen molar-refractivity contribution in [3.05, 3.63) is 41.7 Å². The number of nitrogens with zero attached hydrogens (tertiary/aromatic N) is 3. The summed E-state index contributed by atoms with van der Waals surface area (Å²) in [6, 6.07) is 8.48. The van der Waals surface area contributed by atoms with Gasteiger partial charge in [-0.25, -0.2) is 0 Å². The number of hydrogen-bond acceptors (Lipinski definition) is 4. The first-order chi connectivity index (χ1) is 12.6. The summed E-state index contributed by atoms with van der Waals surface area (Å²) in [5.74, 6) is 0.877. The topological polar surface area (TPSA) is 59.4 Å². The van der Waals surface area contributed by atoms with Gasteiger partial charge in [0, 0.05) is 31.4 Å². The molecular weight excluding hydrogens is 328 g/mol. The van der Waals surface area contributed by atoms with E-state index in [0.29, 0.717) is 19.1 Å². The predicted octanol–water partition coefficient (Wildman–Crippen LogP) is 3.12. The van der Waals surface area contributed by atoms with Crippen molar-refractivity contribution in [2.45, 2.75) is 45.2 Å². The van der Waals surface area contributed by atoms with Crippen LogP contribution in [-0.4, -0.2) is 40.3 Å². The van der Waals surface area contributed by atoms with Crippen molar-refractivity contribution in [2.75, 3.05) is 19.0 Å². The van der Waals surface area contributed by atoms with Gasteiger partial charge >= 0.3 is 0 Å². The number of nitrogens with one attached hydrogen (secondary N) is 1. The summed E-state index contributed by atoms with van der Waals surface area (Å²) in [4.78, 5) is 14.9. The molecule has 0 aliphatic heterocycles. The normalized spacial score (nSPS) is 14.8. The molecule has 0 bridgehead atoms. The van der Waals surface area contributed by atoms with Crippen LogP contribution in [0, 0.1) is 6.92 Å². The Kier molecular flexibility index (Phi) is 5.93. The van der Waals surface area contributed by atoms with Crippen LogP contribution < -0.4 is 10.1 Å². The fraction of sp³-hybridized carbons (Fsp3) is 0.500. The third kappa shape index (κ3) is 4.43. The maximum atomic E-state index is 12.7. The van der Waals surface area contributed by atoms with Gasteiger partial charge in [0.2, 0.25) is 5.91 Å². The van der Waals surface area contributed by atoms with Crippen molar-refractivity contribution < 1.29 is 9.53 Å². The van der Waals surface area contributed by atoms with Gasteiger partial charge in [0.05, 0.1) is 25.0 Å². The molecule has 1 heterocycles. The average molecular weight is 356 g/mol. The number of benzene rings is 1. The molecule has 140 valence electrons. The monoisotopic (exact) mass is 356 g/mol. The van der Waals surface area contributed by atoms with Crippen LogP contribution in [-0.2, 0) is 18.4 Å². The van der Waals surface area contributed by atoms with Crippen molar-refractivity contribution in [2.24, 2.45) is 7.05 Å². The van der Waals surface area contributed by atoms with E-state index in [1.807, 2.05) is 38.4 Å². The lowest BCUT2D eigenvalue weighted by Crippen LogP contribution is -2.39. The number of para-hydroxylation sites is 1. The molecule has 1 aliphatic rings. The third-order valence-electron chi connectivity index (χ3n) is 5.04. The zero-order chi connectivity index (χ0) is 18.5. The maximum Gasteiger partial charge on any atom is 0.238 e. The minimum atomic E-state index is 0.00268. The summed E-state index contributed by atoms with van der Waals surface area (Å²) in [6.45, 7) is 2.99. The second-order valence-electron chi connectivity index (χ2n) is 7.01. The van der Waals surface area contributed by atoms with Gasteiger partial charge in [-0.15, -0.1) is 0 Å². The van der Waals surface area contributed by atoms with E-state index in [9.17, 15) is 4.79 Å². The summed E-state index contributed by atoms with van der Waals surface area (Å²) in [7, 11) is 3.55. The molecule has 0 spiro atoms. The quantitative estimate of drug-likeness (QED) is 0.828. The van der Waals surface area contributed by atoms with Gasteiger partial charge in [-0.2, -0.15) is 5.10 Å². The second kappa shape index (κ2) is 8.36. The first-order valence-corrected chi connectivity index (χ1v) is 9.23. The van der Waals surface area contributed by atoms with Gasteiger partial charge < -0.3 is 10.1 Å². The highest BCUT2D eigenvalue weighted by Crippen LogP contribution is 2.27. The largest absolute Gasteiger partial charge is 0.496 e. The molecule has 1 amide bonds. The highest BCUT2D eigenvalue weighted by Gasteiger charge is 2.25. The number of aryl methyl sites for hydroxylation is 2. The van der Waals surface area contributed by atoms with Crippen molar-refractivity contribution in [1.82, 2.24) is 14.7 Å². The van der Waals surface area contributed by atoms with E-state index < -0.39 is 0 Å². The lowest BCUT2D eigenvalue weighted by Gasteiger charge is -2.28. The summed E-state index contributed by atoms with van der Waals surface area (Å²) < 4.78 is 7.21. The molecule has 0 radical (unpaired) electrons. The number of amides is 1. The van der Waals surface area contributed by atoms with Crippen molar-refractivity contribution >= 4 is 11.6 Å². The molecule has 0 atom stereocenters. The Labute approximate surface area is 155 Å². The van der Waals surface area contributed by atoms with Gasteiger partial charge in [-0.3, -0.25) is 14.4 Å². The Morgan fingerprint density at radius 2 is 2.08 bits per heavy atom. The van der Waals surface area contributed by atoms with Gasteiger partial charge in [-0.1, -0.05) is 31.0 Å². The van der Waals surface area contributed by atoms with Crippen molar-refractivity contribution in [3.63, 3.8) is 0 Å². The Balaban J connectivity index is 1.71. The Morgan fingerprint density at radius 3 is 2.73 bits per heavy atom. The zero-order valence-corrected chi connectivity index (χ0v) is 15.9. The second-order valence-corrected chi connectivity index (χ2v) is 7.01. The molecule has 26 heavy (non-hydrogen) atoms. The van der Waals surface area contributed by atoms with E-state index in [-0.39, 0.29) is 5.91 Å². The fourth-order valence-electron chi connectivity index (χ4n) is 3.73. The first-order valence-electron chi connectivity index (χ1n) is 9.23. The first kappa shape index (κ1) is 18.5. The molecule has 3 rings (SSSR count). The number of hydrogen-bond donors (Lipinski definition) is 1. The number of carbonyl (C=O) groups is 1. The van der Waals surface area contributed by atoms with Crippen LogP contribution in [0.5, 0.6) is 5.75 Å². The summed E-state index contributed by atoms with van der Waals surface area (Å²) in [5, 5.41) is 7.29. The van der Waals surface area contributed by atoms with Crippen LogP contribution in [0.2, 0.25) is 0 Å². The molecule has 0 saturated heterocycles. The van der Waals surface area contributed by atoms with Gasteiger partial charge in [0.25, 0.3) is 0 Å². The minimum Gasteiger partial charge on any atom is -0.496 e. The number of anilines is 1. The minimum absolute atomic E-state index is 0.00268. The summed E-state index contributed by atoms with van der Waals surface area (Å²) >= 11 is 0. The van der Waals surface area contributed by atoms with Gasteiger partial charge in [-0.05, 0) is 25.8 Å². The molecule has 0 unspecified atom stereocenters. The lowest BCUT2D eigenvalue weighted by molar-refractivity contribution is -0.118. The Hall–Kier alpha value is -2.34. The molecule has 6 nitrogen and oxygen atoms in total. The number of methoxy groups -OCH3 is 1. The summed E-state index contributed by atoms with van der Waals surface area (Å²) in [6.07, 6.45) is 6.60. The van der Waals surface area contributed by atoms with E-state index in [2.05, 4.69) is 21.4 Å².